The highest BCUT2D eigenvalue weighted by molar-refractivity contribution is 7.17. The number of rotatable bonds is 5. The molecule has 0 fully saturated rings. The van der Waals surface area contributed by atoms with Gasteiger partial charge in [-0.15, -0.1) is 11.3 Å². The van der Waals surface area contributed by atoms with Crippen molar-refractivity contribution in [2.45, 2.75) is 38.9 Å². The van der Waals surface area contributed by atoms with E-state index >= 15 is 0 Å². The zero-order chi connectivity index (χ0) is 24.0. The van der Waals surface area contributed by atoms with Gasteiger partial charge in [0.1, 0.15) is 16.7 Å². The Bertz CT molecular complexity index is 1280. The number of hydrogen-bond donors (Lipinski definition) is 2. The molecule has 7 nitrogen and oxygen atoms in total. The van der Waals surface area contributed by atoms with E-state index in [0.717, 1.165) is 28.0 Å². The Morgan fingerprint density at radius 3 is 2.47 bits per heavy atom. The number of carbonyl (C=O) groups is 2. The fourth-order valence-electron chi connectivity index (χ4n) is 3.11. The molecule has 0 saturated carbocycles. The van der Waals surface area contributed by atoms with Crippen molar-refractivity contribution >= 4 is 50.7 Å². The molecular formula is C20H17ClF3N3O4S. The number of aromatic carboxylic acids is 1. The highest BCUT2D eigenvalue weighted by atomic mass is 35.5. The quantitative estimate of drug-likeness (QED) is 0.518. The summed E-state index contributed by atoms with van der Waals surface area (Å²) >= 11 is 6.94. The summed E-state index contributed by atoms with van der Waals surface area (Å²) in [6, 6.07) is 1.27. The maximum absolute atomic E-state index is 13.2. The molecule has 1 unspecified atom stereocenters. The Kier molecular flexibility index (Phi) is 6.34. The Morgan fingerprint density at radius 2 is 1.91 bits per heavy atom. The van der Waals surface area contributed by atoms with Crippen molar-refractivity contribution in [3.05, 3.63) is 55.9 Å². The first-order valence-corrected chi connectivity index (χ1v) is 10.5. The lowest BCUT2D eigenvalue weighted by atomic mass is 10.1. The molecule has 2 N–H and O–H groups in total. The van der Waals surface area contributed by atoms with Crippen molar-refractivity contribution in [2.75, 3.05) is 5.32 Å². The number of fused-ring (bicyclic) bond motifs is 1. The molecule has 0 aliphatic carbocycles. The third kappa shape index (κ3) is 4.35. The molecule has 0 aliphatic rings. The van der Waals surface area contributed by atoms with Gasteiger partial charge in [0.2, 0.25) is 5.91 Å². The zero-order valence-electron chi connectivity index (χ0n) is 17.0. The van der Waals surface area contributed by atoms with Crippen molar-refractivity contribution in [2.24, 2.45) is 0 Å². The molecule has 0 radical (unpaired) electrons. The molecule has 12 heteroatoms. The van der Waals surface area contributed by atoms with Crippen LogP contribution in [0.25, 0.3) is 10.2 Å². The van der Waals surface area contributed by atoms with Crippen molar-refractivity contribution in [3.63, 3.8) is 0 Å². The van der Waals surface area contributed by atoms with E-state index in [1.54, 1.807) is 13.8 Å². The number of anilines is 1. The maximum Gasteiger partial charge on any atom is 0.416 e. The third-order valence-electron chi connectivity index (χ3n) is 4.73. The summed E-state index contributed by atoms with van der Waals surface area (Å²) in [4.78, 5) is 42.2. The molecule has 1 amide bonds. The minimum absolute atomic E-state index is 0.116. The van der Waals surface area contributed by atoms with Gasteiger partial charge in [-0.1, -0.05) is 25.4 Å². The first-order valence-electron chi connectivity index (χ1n) is 9.27. The monoisotopic (exact) mass is 487 g/mol. The standard InChI is InChI=1S/C20H17ClF3N3O4S/c1-8(2)15-26-17-14(11(7-32-17)19(30)31)18(29)27(15)9(3)16(28)25-13-6-10(20(22,23)24)4-5-12(13)21/h4-9H,1-3H3,(H,25,28)(H,30,31). The number of hydrogen-bond acceptors (Lipinski definition) is 5. The molecule has 170 valence electrons. The van der Waals surface area contributed by atoms with Crippen LogP contribution in [0, 0.1) is 0 Å². The predicted octanol–water partition coefficient (Wildman–Crippen LogP) is 5.15. The van der Waals surface area contributed by atoms with E-state index in [1.165, 1.54) is 12.3 Å². The SMILES string of the molecule is CC(C)c1nc2scc(C(=O)O)c2c(=O)n1C(C)C(=O)Nc1cc(C(F)(F)F)ccc1Cl. The van der Waals surface area contributed by atoms with Gasteiger partial charge in [0.15, 0.2) is 0 Å². The minimum atomic E-state index is -4.64. The van der Waals surface area contributed by atoms with E-state index in [9.17, 15) is 32.7 Å². The Labute approximate surface area is 188 Å². The number of halogens is 4. The molecule has 3 aromatic rings. The number of alkyl halides is 3. The summed E-state index contributed by atoms with van der Waals surface area (Å²) in [6.45, 7) is 4.85. The molecule has 0 saturated heterocycles. The normalized spacial score (nSPS) is 12.9. The number of carboxylic acids is 1. The lowest BCUT2D eigenvalue weighted by Gasteiger charge is -2.21. The molecule has 0 bridgehead atoms. The van der Waals surface area contributed by atoms with Gasteiger partial charge in [0, 0.05) is 11.3 Å². The van der Waals surface area contributed by atoms with Crippen LogP contribution < -0.4 is 10.9 Å². The average Bonchev–Trinajstić information content (AvgIpc) is 3.12. The lowest BCUT2D eigenvalue weighted by Crippen LogP contribution is -2.35. The molecule has 2 aromatic heterocycles. The Hall–Kier alpha value is -2.92. The van der Waals surface area contributed by atoms with Gasteiger partial charge in [-0.05, 0) is 25.1 Å². The molecule has 32 heavy (non-hydrogen) atoms. The predicted molar refractivity (Wildman–Crippen MR) is 115 cm³/mol. The van der Waals surface area contributed by atoms with Crippen molar-refractivity contribution in [1.29, 1.82) is 0 Å². The fourth-order valence-corrected chi connectivity index (χ4v) is 4.18. The van der Waals surface area contributed by atoms with Gasteiger partial charge in [0.25, 0.3) is 5.56 Å². The van der Waals surface area contributed by atoms with E-state index < -0.39 is 35.2 Å². The van der Waals surface area contributed by atoms with Crippen molar-refractivity contribution in [1.82, 2.24) is 9.55 Å². The van der Waals surface area contributed by atoms with Crippen molar-refractivity contribution < 1.29 is 27.9 Å². The van der Waals surface area contributed by atoms with Crippen LogP contribution in [0.1, 0.15) is 54.5 Å². The summed E-state index contributed by atoms with van der Waals surface area (Å²) < 4.78 is 40.1. The van der Waals surface area contributed by atoms with E-state index in [4.69, 9.17) is 11.6 Å². The molecule has 0 aliphatic heterocycles. The highest BCUT2D eigenvalue weighted by Gasteiger charge is 2.32. The number of nitrogens with zero attached hydrogens (tertiary/aromatic N) is 2. The zero-order valence-corrected chi connectivity index (χ0v) is 18.5. The summed E-state index contributed by atoms with van der Waals surface area (Å²) in [5, 5.41) is 12.7. The van der Waals surface area contributed by atoms with Crippen LogP contribution in [0.3, 0.4) is 0 Å². The van der Waals surface area contributed by atoms with Crippen molar-refractivity contribution in [3.8, 4) is 0 Å². The molecule has 1 atom stereocenters. The van der Waals surface area contributed by atoms with E-state index in [2.05, 4.69) is 10.3 Å². The minimum Gasteiger partial charge on any atom is -0.478 e. The number of carbonyl (C=O) groups excluding carboxylic acids is 1. The Balaban J connectivity index is 2.09. The van der Waals surface area contributed by atoms with Gasteiger partial charge in [0.05, 0.1) is 27.2 Å². The molecule has 3 rings (SSSR count). The summed E-state index contributed by atoms with van der Waals surface area (Å²) in [6.07, 6.45) is -4.64. The maximum atomic E-state index is 13.2. The van der Waals surface area contributed by atoms with E-state index in [-0.39, 0.29) is 38.2 Å². The van der Waals surface area contributed by atoms with Gasteiger partial charge in [-0.3, -0.25) is 14.2 Å². The second kappa shape index (κ2) is 8.55. The van der Waals surface area contributed by atoms with Crippen LogP contribution in [-0.4, -0.2) is 26.5 Å². The van der Waals surface area contributed by atoms with Gasteiger partial charge in [-0.2, -0.15) is 13.2 Å². The van der Waals surface area contributed by atoms with Gasteiger partial charge in [-0.25, -0.2) is 9.78 Å². The molecular weight excluding hydrogens is 471 g/mol. The van der Waals surface area contributed by atoms with Crippen LogP contribution in [-0.2, 0) is 11.0 Å². The molecule has 2 heterocycles. The number of nitrogens with one attached hydrogen (secondary N) is 1. The fraction of sp³-hybridized carbons (Fsp3) is 0.300. The largest absolute Gasteiger partial charge is 0.478 e. The first kappa shape index (κ1) is 23.7. The number of carboxylic acid groups (broad SMARTS) is 1. The average molecular weight is 488 g/mol. The van der Waals surface area contributed by atoms with Crippen LogP contribution >= 0.6 is 22.9 Å². The highest BCUT2D eigenvalue weighted by Crippen LogP contribution is 2.34. The first-order chi connectivity index (χ1) is 14.8. The summed E-state index contributed by atoms with van der Waals surface area (Å²) in [5.74, 6) is -2.20. The summed E-state index contributed by atoms with van der Waals surface area (Å²) in [7, 11) is 0. The molecule has 1 aromatic carbocycles. The topological polar surface area (TPSA) is 101 Å². The third-order valence-corrected chi connectivity index (χ3v) is 5.93. The van der Waals surface area contributed by atoms with Gasteiger partial charge < -0.3 is 10.4 Å². The van der Waals surface area contributed by atoms with E-state index in [1.807, 2.05) is 0 Å². The van der Waals surface area contributed by atoms with Crippen LogP contribution in [0.15, 0.2) is 28.4 Å². The number of aromatic nitrogens is 2. The Morgan fingerprint density at radius 1 is 1.25 bits per heavy atom. The number of thiophene rings is 1. The van der Waals surface area contributed by atoms with E-state index in [0.29, 0.717) is 6.07 Å². The number of amides is 1. The van der Waals surface area contributed by atoms with Crippen LogP contribution in [0.5, 0.6) is 0 Å². The van der Waals surface area contributed by atoms with Gasteiger partial charge >= 0.3 is 12.1 Å². The van der Waals surface area contributed by atoms with Crippen LogP contribution in [0.4, 0.5) is 18.9 Å². The second-order valence-corrected chi connectivity index (χ2v) is 8.56. The number of benzene rings is 1. The summed E-state index contributed by atoms with van der Waals surface area (Å²) in [5.41, 5.74) is -2.24. The smallest absolute Gasteiger partial charge is 0.416 e. The molecule has 0 spiro atoms. The second-order valence-electron chi connectivity index (χ2n) is 7.29. The lowest BCUT2D eigenvalue weighted by molar-refractivity contribution is -0.137. The van der Waals surface area contributed by atoms with Crippen LogP contribution in [0.2, 0.25) is 5.02 Å².